The van der Waals surface area contributed by atoms with Gasteiger partial charge in [0, 0.05) is 18.0 Å². The summed E-state index contributed by atoms with van der Waals surface area (Å²) in [7, 11) is 1.58. The fraction of sp³-hybridized carbons (Fsp3) is 0.0500. The standard InChI is InChI=1S/C20H16N2O3/c1-21-19(23)14-9-6-13(7-10-14)8-11-15-12-17(20(24)25)16-4-2-3-5-18(16)22-15/h2-12H,1H3,(H,21,23)(H,24,25)/b11-8+. The van der Waals surface area contributed by atoms with Gasteiger partial charge in [-0.3, -0.25) is 4.79 Å². The lowest BCUT2D eigenvalue weighted by Gasteiger charge is -2.04. The number of rotatable bonds is 4. The van der Waals surface area contributed by atoms with E-state index in [0.29, 0.717) is 22.2 Å². The molecule has 0 aliphatic heterocycles. The van der Waals surface area contributed by atoms with Gasteiger partial charge in [0.15, 0.2) is 0 Å². The number of carboxylic acids is 1. The molecule has 124 valence electrons. The largest absolute Gasteiger partial charge is 0.478 e. The molecule has 0 aliphatic rings. The lowest BCUT2D eigenvalue weighted by atomic mass is 10.1. The Bertz CT molecular complexity index is 976. The number of benzene rings is 2. The molecular formula is C20H16N2O3. The Balaban J connectivity index is 1.93. The molecule has 0 saturated heterocycles. The number of nitrogens with one attached hydrogen (secondary N) is 1. The summed E-state index contributed by atoms with van der Waals surface area (Å²) in [5.74, 6) is -1.12. The van der Waals surface area contributed by atoms with Crippen molar-refractivity contribution in [3.63, 3.8) is 0 Å². The molecule has 25 heavy (non-hydrogen) atoms. The Morgan fingerprint density at radius 2 is 1.76 bits per heavy atom. The van der Waals surface area contributed by atoms with Crippen LogP contribution < -0.4 is 5.32 Å². The average molecular weight is 332 g/mol. The fourth-order valence-electron chi connectivity index (χ4n) is 2.53. The van der Waals surface area contributed by atoms with Gasteiger partial charge in [-0.05, 0) is 35.9 Å². The van der Waals surface area contributed by atoms with Gasteiger partial charge in [0.05, 0.1) is 16.8 Å². The van der Waals surface area contributed by atoms with Crippen LogP contribution >= 0.6 is 0 Å². The van der Waals surface area contributed by atoms with E-state index < -0.39 is 5.97 Å². The number of fused-ring (bicyclic) bond motifs is 1. The highest BCUT2D eigenvalue weighted by molar-refractivity contribution is 6.03. The smallest absolute Gasteiger partial charge is 0.336 e. The topological polar surface area (TPSA) is 79.3 Å². The van der Waals surface area contributed by atoms with Gasteiger partial charge in [-0.1, -0.05) is 36.4 Å². The van der Waals surface area contributed by atoms with Gasteiger partial charge in [0.1, 0.15) is 0 Å². The van der Waals surface area contributed by atoms with E-state index in [0.717, 1.165) is 5.56 Å². The van der Waals surface area contributed by atoms with E-state index in [1.165, 1.54) is 0 Å². The molecule has 0 aliphatic carbocycles. The van der Waals surface area contributed by atoms with Gasteiger partial charge in [0.25, 0.3) is 5.91 Å². The molecule has 2 N–H and O–H groups in total. The van der Waals surface area contributed by atoms with Gasteiger partial charge in [-0.15, -0.1) is 0 Å². The lowest BCUT2D eigenvalue weighted by molar-refractivity contribution is 0.0698. The molecule has 5 nitrogen and oxygen atoms in total. The van der Waals surface area contributed by atoms with Crippen LogP contribution in [0, 0.1) is 0 Å². The van der Waals surface area contributed by atoms with Crippen molar-refractivity contribution in [2.24, 2.45) is 0 Å². The molecule has 3 aromatic rings. The average Bonchev–Trinajstić information content (AvgIpc) is 2.65. The summed E-state index contributed by atoms with van der Waals surface area (Å²) in [6.45, 7) is 0. The number of hydrogen-bond acceptors (Lipinski definition) is 3. The van der Waals surface area contributed by atoms with Crippen LogP contribution in [-0.2, 0) is 0 Å². The molecule has 1 aromatic heterocycles. The van der Waals surface area contributed by atoms with E-state index in [1.807, 2.05) is 24.3 Å². The number of hydrogen-bond donors (Lipinski definition) is 2. The van der Waals surface area contributed by atoms with E-state index in [4.69, 9.17) is 0 Å². The number of aromatic nitrogens is 1. The molecular weight excluding hydrogens is 316 g/mol. The molecule has 0 atom stereocenters. The normalized spacial score (nSPS) is 10.9. The zero-order chi connectivity index (χ0) is 17.8. The second kappa shape index (κ2) is 6.97. The van der Waals surface area contributed by atoms with Gasteiger partial charge >= 0.3 is 5.97 Å². The van der Waals surface area contributed by atoms with Crippen molar-refractivity contribution >= 4 is 34.9 Å². The van der Waals surface area contributed by atoms with Crippen molar-refractivity contribution in [2.45, 2.75) is 0 Å². The van der Waals surface area contributed by atoms with Gasteiger partial charge in [-0.2, -0.15) is 0 Å². The molecule has 0 unspecified atom stereocenters. The fourth-order valence-corrected chi connectivity index (χ4v) is 2.53. The summed E-state index contributed by atoms with van der Waals surface area (Å²) in [5, 5.41) is 12.6. The monoisotopic (exact) mass is 332 g/mol. The van der Waals surface area contributed by atoms with E-state index in [1.54, 1.807) is 49.5 Å². The summed E-state index contributed by atoms with van der Waals surface area (Å²) in [6.07, 6.45) is 3.59. The van der Waals surface area contributed by atoms with Crippen LogP contribution in [0.25, 0.3) is 23.1 Å². The number of carbonyl (C=O) groups is 2. The highest BCUT2D eigenvalue weighted by atomic mass is 16.4. The van der Waals surface area contributed by atoms with Crippen molar-refractivity contribution in [3.8, 4) is 0 Å². The van der Waals surface area contributed by atoms with Crippen molar-refractivity contribution in [3.05, 3.63) is 77.0 Å². The molecule has 5 heteroatoms. The van der Waals surface area contributed by atoms with Crippen molar-refractivity contribution in [2.75, 3.05) is 7.05 Å². The second-order valence-electron chi connectivity index (χ2n) is 5.45. The van der Waals surface area contributed by atoms with Crippen molar-refractivity contribution in [1.82, 2.24) is 10.3 Å². The molecule has 1 heterocycles. The van der Waals surface area contributed by atoms with Crippen LogP contribution in [0.4, 0.5) is 0 Å². The molecule has 0 fully saturated rings. The minimum Gasteiger partial charge on any atom is -0.478 e. The van der Waals surface area contributed by atoms with E-state index >= 15 is 0 Å². The number of aromatic carboxylic acids is 1. The number of amides is 1. The molecule has 0 radical (unpaired) electrons. The number of carboxylic acid groups (broad SMARTS) is 1. The third kappa shape index (κ3) is 3.55. The molecule has 0 bridgehead atoms. The minimum atomic E-state index is -0.983. The van der Waals surface area contributed by atoms with Crippen molar-refractivity contribution < 1.29 is 14.7 Å². The number of para-hydroxylation sites is 1. The summed E-state index contributed by atoms with van der Waals surface area (Å²) in [4.78, 5) is 27.5. The van der Waals surface area contributed by atoms with E-state index in [2.05, 4.69) is 10.3 Å². The number of pyridine rings is 1. The first-order valence-electron chi connectivity index (χ1n) is 7.72. The van der Waals surface area contributed by atoms with Gasteiger partial charge in [-0.25, -0.2) is 9.78 Å². The predicted octanol–water partition coefficient (Wildman–Crippen LogP) is 3.46. The molecule has 1 amide bonds. The summed E-state index contributed by atoms with van der Waals surface area (Å²) < 4.78 is 0. The summed E-state index contributed by atoms with van der Waals surface area (Å²) in [5.41, 5.74) is 2.89. The van der Waals surface area contributed by atoms with Crippen LogP contribution in [0.15, 0.2) is 54.6 Å². The first-order valence-corrected chi connectivity index (χ1v) is 7.72. The van der Waals surface area contributed by atoms with Crippen LogP contribution in [0.1, 0.15) is 32.0 Å². The van der Waals surface area contributed by atoms with Crippen LogP contribution in [-0.4, -0.2) is 29.0 Å². The molecule has 0 spiro atoms. The second-order valence-corrected chi connectivity index (χ2v) is 5.45. The zero-order valence-corrected chi connectivity index (χ0v) is 13.6. The van der Waals surface area contributed by atoms with E-state index in [9.17, 15) is 14.7 Å². The maximum atomic E-state index is 11.5. The quantitative estimate of drug-likeness (QED) is 0.767. The third-order valence-corrected chi connectivity index (χ3v) is 3.81. The van der Waals surface area contributed by atoms with Crippen LogP contribution in [0.2, 0.25) is 0 Å². The Kier molecular flexibility index (Phi) is 4.57. The highest BCUT2D eigenvalue weighted by Crippen LogP contribution is 2.19. The Hall–Kier alpha value is -3.47. The summed E-state index contributed by atoms with van der Waals surface area (Å²) in [6, 6.07) is 15.8. The third-order valence-electron chi connectivity index (χ3n) is 3.81. The van der Waals surface area contributed by atoms with Crippen LogP contribution in [0.5, 0.6) is 0 Å². The van der Waals surface area contributed by atoms with Gasteiger partial charge < -0.3 is 10.4 Å². The lowest BCUT2D eigenvalue weighted by Crippen LogP contribution is -2.17. The van der Waals surface area contributed by atoms with Gasteiger partial charge in [0.2, 0.25) is 0 Å². The molecule has 2 aromatic carbocycles. The molecule has 3 rings (SSSR count). The zero-order valence-electron chi connectivity index (χ0n) is 13.6. The summed E-state index contributed by atoms with van der Waals surface area (Å²) >= 11 is 0. The minimum absolute atomic E-state index is 0.141. The number of carbonyl (C=O) groups excluding carboxylic acids is 1. The Morgan fingerprint density at radius 3 is 2.44 bits per heavy atom. The van der Waals surface area contributed by atoms with E-state index in [-0.39, 0.29) is 11.5 Å². The first-order chi connectivity index (χ1) is 12.1. The number of nitrogens with zero attached hydrogens (tertiary/aromatic N) is 1. The Labute approximate surface area is 144 Å². The maximum Gasteiger partial charge on any atom is 0.336 e. The van der Waals surface area contributed by atoms with Crippen LogP contribution in [0.3, 0.4) is 0 Å². The predicted molar refractivity (Wildman–Crippen MR) is 97.5 cm³/mol. The van der Waals surface area contributed by atoms with Crippen molar-refractivity contribution in [1.29, 1.82) is 0 Å². The molecule has 0 saturated carbocycles. The SMILES string of the molecule is CNC(=O)c1ccc(/C=C/c2cc(C(=O)O)c3ccccc3n2)cc1. The Morgan fingerprint density at radius 1 is 1.04 bits per heavy atom. The maximum absolute atomic E-state index is 11.5. The highest BCUT2D eigenvalue weighted by Gasteiger charge is 2.10. The first kappa shape index (κ1) is 16.4.